The first-order chi connectivity index (χ1) is 9.69. The maximum absolute atomic E-state index is 12.1. The third-order valence-electron chi connectivity index (χ3n) is 3.14. The molecule has 1 rings (SSSR count). The fourth-order valence-corrected chi connectivity index (χ4v) is 1.92. The lowest BCUT2D eigenvalue weighted by atomic mass is 10.1. The number of carbonyl (C=O) groups excluding carboxylic acids is 1. The minimum atomic E-state index is 0.0722. The molecule has 0 radical (unpaired) electrons. The molecule has 0 unspecified atom stereocenters. The summed E-state index contributed by atoms with van der Waals surface area (Å²) in [5.74, 6) is 0.0722. The van der Waals surface area contributed by atoms with Crippen LogP contribution >= 0.6 is 0 Å². The number of para-hydroxylation sites is 1. The van der Waals surface area contributed by atoms with Gasteiger partial charge < -0.3 is 15.2 Å². The fourth-order valence-electron chi connectivity index (χ4n) is 1.92. The van der Waals surface area contributed by atoms with E-state index in [9.17, 15) is 4.79 Å². The number of anilines is 1. The molecule has 0 fully saturated rings. The quantitative estimate of drug-likeness (QED) is 0.519. The predicted molar refractivity (Wildman–Crippen MR) is 80.0 cm³/mol. The lowest BCUT2D eigenvalue weighted by Gasteiger charge is -2.21. The Balaban J connectivity index is 2.49. The summed E-state index contributed by atoms with van der Waals surface area (Å²) in [6.07, 6.45) is 0.446. The average Bonchev–Trinajstić information content (AvgIpc) is 2.46. The van der Waals surface area contributed by atoms with Crippen molar-refractivity contribution in [3.05, 3.63) is 29.8 Å². The monoisotopic (exact) mass is 280 g/mol. The molecule has 112 valence electrons. The molecule has 0 spiro atoms. The van der Waals surface area contributed by atoms with Gasteiger partial charge in [0.2, 0.25) is 0 Å². The van der Waals surface area contributed by atoms with Gasteiger partial charge in [-0.15, -0.1) is 0 Å². The van der Waals surface area contributed by atoms with Gasteiger partial charge in [-0.3, -0.25) is 9.69 Å². The van der Waals surface area contributed by atoms with E-state index in [1.807, 2.05) is 12.1 Å². The maximum atomic E-state index is 12.1. The van der Waals surface area contributed by atoms with Crippen molar-refractivity contribution in [3.63, 3.8) is 0 Å². The number of nitrogens with zero attached hydrogens (tertiary/aromatic N) is 1. The largest absolute Gasteiger partial charge is 0.398 e. The second-order valence-electron chi connectivity index (χ2n) is 4.59. The standard InChI is InChI=1S/C15H24N2O3/c1-19-11-9-17(10-12-20-2)8-7-15(18)13-5-3-4-6-14(13)16/h3-6H,7-12,16H2,1-2H3. The molecule has 2 N–H and O–H groups in total. The van der Waals surface area contributed by atoms with Crippen LogP contribution in [0.1, 0.15) is 16.8 Å². The Kier molecular flexibility index (Phi) is 7.87. The summed E-state index contributed by atoms with van der Waals surface area (Å²) >= 11 is 0. The Labute approximate surface area is 120 Å². The topological polar surface area (TPSA) is 64.8 Å². The minimum Gasteiger partial charge on any atom is -0.398 e. The molecule has 5 heteroatoms. The number of methoxy groups -OCH3 is 2. The summed E-state index contributed by atoms with van der Waals surface area (Å²) in [4.78, 5) is 14.3. The molecule has 1 aromatic rings. The van der Waals surface area contributed by atoms with Crippen molar-refractivity contribution >= 4 is 11.5 Å². The summed E-state index contributed by atoms with van der Waals surface area (Å²) < 4.78 is 10.2. The van der Waals surface area contributed by atoms with Gasteiger partial charge >= 0.3 is 0 Å². The molecule has 0 aliphatic rings. The SMILES string of the molecule is COCCN(CCOC)CCC(=O)c1ccccc1N. The van der Waals surface area contributed by atoms with Gasteiger partial charge in [0.1, 0.15) is 0 Å². The van der Waals surface area contributed by atoms with Crippen molar-refractivity contribution in [1.29, 1.82) is 0 Å². The van der Waals surface area contributed by atoms with Gasteiger partial charge in [0, 0.05) is 51.5 Å². The van der Waals surface area contributed by atoms with Crippen LogP contribution in [0.25, 0.3) is 0 Å². The minimum absolute atomic E-state index is 0.0722. The van der Waals surface area contributed by atoms with E-state index in [0.29, 0.717) is 37.4 Å². The third-order valence-corrected chi connectivity index (χ3v) is 3.14. The number of hydrogen-bond donors (Lipinski definition) is 1. The van der Waals surface area contributed by atoms with Gasteiger partial charge in [-0.1, -0.05) is 12.1 Å². The molecule has 1 aromatic carbocycles. The van der Waals surface area contributed by atoms with E-state index < -0.39 is 0 Å². The molecule has 5 nitrogen and oxygen atoms in total. The normalized spacial score (nSPS) is 10.9. The summed E-state index contributed by atoms with van der Waals surface area (Å²) in [5, 5.41) is 0. The first kappa shape index (κ1) is 16.6. The number of benzene rings is 1. The highest BCUT2D eigenvalue weighted by atomic mass is 16.5. The van der Waals surface area contributed by atoms with E-state index in [0.717, 1.165) is 13.1 Å². The van der Waals surface area contributed by atoms with E-state index in [4.69, 9.17) is 15.2 Å². The van der Waals surface area contributed by atoms with Crippen LogP contribution in [0, 0.1) is 0 Å². The van der Waals surface area contributed by atoms with Gasteiger partial charge in [-0.05, 0) is 12.1 Å². The van der Waals surface area contributed by atoms with Crippen LogP contribution in [0.5, 0.6) is 0 Å². The number of nitrogens with two attached hydrogens (primary N) is 1. The van der Waals surface area contributed by atoms with Crippen LogP contribution in [0.4, 0.5) is 5.69 Å². The van der Waals surface area contributed by atoms with Crippen molar-refractivity contribution in [2.45, 2.75) is 6.42 Å². The number of rotatable bonds is 10. The van der Waals surface area contributed by atoms with E-state index in [1.165, 1.54) is 0 Å². The van der Waals surface area contributed by atoms with Crippen molar-refractivity contribution in [2.24, 2.45) is 0 Å². The van der Waals surface area contributed by atoms with Gasteiger partial charge in [-0.2, -0.15) is 0 Å². The molecule has 0 bridgehead atoms. The Morgan fingerprint density at radius 3 is 2.25 bits per heavy atom. The number of ether oxygens (including phenoxy) is 2. The third kappa shape index (κ3) is 5.69. The smallest absolute Gasteiger partial charge is 0.166 e. The highest BCUT2D eigenvalue weighted by Gasteiger charge is 2.12. The molecular formula is C15H24N2O3. The fraction of sp³-hybridized carbons (Fsp3) is 0.533. The molecular weight excluding hydrogens is 256 g/mol. The number of nitrogen functional groups attached to an aromatic ring is 1. The Morgan fingerprint density at radius 2 is 1.70 bits per heavy atom. The highest BCUT2D eigenvalue weighted by Crippen LogP contribution is 2.13. The molecule has 0 aliphatic heterocycles. The Hall–Kier alpha value is -1.43. The van der Waals surface area contributed by atoms with Gasteiger partial charge in [0.05, 0.1) is 13.2 Å². The van der Waals surface area contributed by atoms with E-state index in [2.05, 4.69) is 4.90 Å². The van der Waals surface area contributed by atoms with Crippen LogP contribution < -0.4 is 5.73 Å². The number of carbonyl (C=O) groups is 1. The zero-order valence-corrected chi connectivity index (χ0v) is 12.3. The first-order valence-corrected chi connectivity index (χ1v) is 6.77. The molecule has 0 aliphatic carbocycles. The van der Waals surface area contributed by atoms with E-state index >= 15 is 0 Å². The second-order valence-corrected chi connectivity index (χ2v) is 4.59. The number of Topliss-reactive ketones (excluding diaryl/α,β-unsaturated/α-hetero) is 1. The Morgan fingerprint density at radius 1 is 1.10 bits per heavy atom. The van der Waals surface area contributed by atoms with Crippen LogP contribution in [0.3, 0.4) is 0 Å². The maximum Gasteiger partial charge on any atom is 0.166 e. The molecule has 20 heavy (non-hydrogen) atoms. The van der Waals surface area contributed by atoms with Gasteiger partial charge in [-0.25, -0.2) is 0 Å². The second kappa shape index (κ2) is 9.47. The van der Waals surface area contributed by atoms with E-state index in [-0.39, 0.29) is 5.78 Å². The van der Waals surface area contributed by atoms with Crippen molar-refractivity contribution < 1.29 is 14.3 Å². The van der Waals surface area contributed by atoms with Crippen molar-refractivity contribution in [3.8, 4) is 0 Å². The zero-order valence-electron chi connectivity index (χ0n) is 12.3. The summed E-state index contributed by atoms with van der Waals surface area (Å²) in [6, 6.07) is 7.18. The van der Waals surface area contributed by atoms with Crippen molar-refractivity contribution in [2.75, 3.05) is 52.8 Å². The van der Waals surface area contributed by atoms with Gasteiger partial charge in [0.25, 0.3) is 0 Å². The van der Waals surface area contributed by atoms with Crippen LogP contribution in [-0.4, -0.2) is 57.8 Å². The summed E-state index contributed by atoms with van der Waals surface area (Å²) in [5.41, 5.74) is 6.96. The van der Waals surface area contributed by atoms with E-state index in [1.54, 1.807) is 26.4 Å². The number of hydrogen-bond acceptors (Lipinski definition) is 5. The molecule has 0 aromatic heterocycles. The molecule has 0 amide bonds. The summed E-state index contributed by atoms with van der Waals surface area (Å²) in [6.45, 7) is 3.55. The van der Waals surface area contributed by atoms with Crippen LogP contribution in [0.15, 0.2) is 24.3 Å². The molecule has 0 saturated carbocycles. The Bertz CT molecular complexity index is 402. The lowest BCUT2D eigenvalue weighted by molar-refractivity contribution is 0.0912. The zero-order chi connectivity index (χ0) is 14.8. The first-order valence-electron chi connectivity index (χ1n) is 6.77. The number of ketones is 1. The molecule has 0 atom stereocenters. The van der Waals surface area contributed by atoms with Crippen LogP contribution in [-0.2, 0) is 9.47 Å². The average molecular weight is 280 g/mol. The summed E-state index contributed by atoms with van der Waals surface area (Å²) in [7, 11) is 3.34. The predicted octanol–water partition coefficient (Wildman–Crippen LogP) is 1.44. The van der Waals surface area contributed by atoms with Crippen LogP contribution in [0.2, 0.25) is 0 Å². The lowest BCUT2D eigenvalue weighted by Crippen LogP contribution is -2.32. The molecule has 0 heterocycles. The molecule has 0 saturated heterocycles. The van der Waals surface area contributed by atoms with Gasteiger partial charge in [0.15, 0.2) is 5.78 Å². The van der Waals surface area contributed by atoms with Crippen molar-refractivity contribution in [1.82, 2.24) is 4.90 Å². The highest BCUT2D eigenvalue weighted by molar-refractivity contribution is 6.00.